The van der Waals surface area contributed by atoms with Crippen molar-refractivity contribution in [2.75, 3.05) is 0 Å². The van der Waals surface area contributed by atoms with Crippen molar-refractivity contribution in [3.8, 4) is 17.2 Å². The van der Waals surface area contributed by atoms with Crippen molar-refractivity contribution in [3.05, 3.63) is 53.7 Å². The summed E-state index contributed by atoms with van der Waals surface area (Å²) in [5.41, 5.74) is 3.04. The third kappa shape index (κ3) is 2.56. The number of nitrogens with zero attached hydrogens (tertiary/aromatic N) is 5. The summed E-state index contributed by atoms with van der Waals surface area (Å²) in [7, 11) is 0. The number of aromatic nitrogens is 5. The molecular weight excluding hydrogens is 282 g/mol. The number of hydrogen-bond donors (Lipinski definition) is 1. The molecule has 7 nitrogen and oxygen atoms in total. The van der Waals surface area contributed by atoms with E-state index >= 15 is 0 Å². The van der Waals surface area contributed by atoms with E-state index in [9.17, 15) is 4.79 Å². The summed E-state index contributed by atoms with van der Waals surface area (Å²) in [4.78, 5) is 23.7. The lowest BCUT2D eigenvalue weighted by Crippen LogP contribution is -2.03. The van der Waals surface area contributed by atoms with Crippen molar-refractivity contribution >= 4 is 5.97 Å². The van der Waals surface area contributed by atoms with E-state index in [4.69, 9.17) is 5.11 Å². The summed E-state index contributed by atoms with van der Waals surface area (Å²) in [6, 6.07) is 7.29. The molecule has 0 unspecified atom stereocenters. The molecule has 3 aromatic rings. The Bertz CT molecular complexity index is 759. The number of aryl methyl sites for hydroxylation is 2. The van der Waals surface area contributed by atoms with Crippen LogP contribution in [0.1, 0.15) is 21.9 Å². The van der Waals surface area contributed by atoms with Crippen LogP contribution in [0, 0.1) is 13.8 Å². The highest BCUT2D eigenvalue weighted by molar-refractivity contribution is 5.83. The summed E-state index contributed by atoms with van der Waals surface area (Å²) < 4.78 is 1.44. The molecule has 3 rings (SSSR count). The van der Waals surface area contributed by atoms with E-state index in [0.29, 0.717) is 17.2 Å². The van der Waals surface area contributed by atoms with E-state index in [1.165, 1.54) is 4.68 Å². The van der Waals surface area contributed by atoms with Gasteiger partial charge in [-0.25, -0.2) is 9.48 Å². The Morgan fingerprint density at radius 1 is 1.09 bits per heavy atom. The molecular formula is C15H13N5O2. The van der Waals surface area contributed by atoms with Crippen molar-refractivity contribution < 1.29 is 9.90 Å². The van der Waals surface area contributed by atoms with Crippen LogP contribution in [-0.4, -0.2) is 35.8 Å². The normalized spacial score (nSPS) is 10.6. The van der Waals surface area contributed by atoms with Crippen LogP contribution in [0.3, 0.4) is 0 Å². The standard InChI is InChI=1S/C15H13N5O2/c1-9-3-6-12(17-7-9)14-18-13(15(21)22)19-20(14)11-5-4-10(2)16-8-11/h3-8H,1-2H3,(H,21,22). The molecule has 0 saturated carbocycles. The number of hydrogen-bond acceptors (Lipinski definition) is 5. The zero-order chi connectivity index (χ0) is 15.7. The molecule has 0 amide bonds. The quantitative estimate of drug-likeness (QED) is 0.794. The van der Waals surface area contributed by atoms with Crippen LogP contribution >= 0.6 is 0 Å². The highest BCUT2D eigenvalue weighted by atomic mass is 16.4. The second-order valence-corrected chi connectivity index (χ2v) is 4.85. The predicted molar refractivity (Wildman–Crippen MR) is 78.8 cm³/mol. The molecule has 110 valence electrons. The molecule has 0 saturated heterocycles. The lowest BCUT2D eigenvalue weighted by molar-refractivity contribution is 0.0683. The molecule has 0 spiro atoms. The van der Waals surface area contributed by atoms with Gasteiger partial charge >= 0.3 is 5.97 Å². The minimum absolute atomic E-state index is 0.280. The van der Waals surface area contributed by atoms with Crippen LogP contribution in [0.5, 0.6) is 0 Å². The van der Waals surface area contributed by atoms with Crippen molar-refractivity contribution in [2.24, 2.45) is 0 Å². The van der Waals surface area contributed by atoms with E-state index in [1.807, 2.05) is 26.0 Å². The largest absolute Gasteiger partial charge is 0.475 e. The second-order valence-electron chi connectivity index (χ2n) is 4.85. The van der Waals surface area contributed by atoms with E-state index in [0.717, 1.165) is 11.3 Å². The topological polar surface area (TPSA) is 93.8 Å². The molecule has 0 atom stereocenters. The van der Waals surface area contributed by atoms with Gasteiger partial charge in [-0.15, -0.1) is 5.10 Å². The fourth-order valence-electron chi connectivity index (χ4n) is 1.93. The summed E-state index contributed by atoms with van der Waals surface area (Å²) in [5, 5.41) is 13.2. The number of aromatic carboxylic acids is 1. The maximum absolute atomic E-state index is 11.2. The third-order valence-corrected chi connectivity index (χ3v) is 3.08. The molecule has 22 heavy (non-hydrogen) atoms. The van der Waals surface area contributed by atoms with E-state index in [1.54, 1.807) is 24.5 Å². The first-order chi connectivity index (χ1) is 10.5. The molecule has 3 heterocycles. The summed E-state index contributed by atoms with van der Waals surface area (Å²) in [6.07, 6.45) is 3.31. The van der Waals surface area contributed by atoms with Crippen molar-refractivity contribution in [1.82, 2.24) is 24.7 Å². The summed E-state index contributed by atoms with van der Waals surface area (Å²) in [5.74, 6) is -1.10. The lowest BCUT2D eigenvalue weighted by atomic mass is 10.2. The fourth-order valence-corrected chi connectivity index (χ4v) is 1.93. The highest BCUT2D eigenvalue weighted by Crippen LogP contribution is 2.19. The fraction of sp³-hybridized carbons (Fsp3) is 0.133. The van der Waals surface area contributed by atoms with E-state index in [2.05, 4.69) is 20.1 Å². The molecule has 0 radical (unpaired) electrons. The first-order valence-corrected chi connectivity index (χ1v) is 6.61. The molecule has 3 aromatic heterocycles. The van der Waals surface area contributed by atoms with Crippen LogP contribution in [0.4, 0.5) is 0 Å². The molecule has 0 aliphatic carbocycles. The van der Waals surface area contributed by atoms with Crippen molar-refractivity contribution in [3.63, 3.8) is 0 Å². The minimum atomic E-state index is -1.19. The van der Waals surface area contributed by atoms with Crippen LogP contribution in [0.15, 0.2) is 36.7 Å². The molecule has 0 fully saturated rings. The lowest BCUT2D eigenvalue weighted by Gasteiger charge is -2.05. The predicted octanol–water partition coefficient (Wildman–Crippen LogP) is 2.04. The number of rotatable bonds is 3. The zero-order valence-electron chi connectivity index (χ0n) is 12.1. The number of carboxylic acid groups (broad SMARTS) is 1. The first kappa shape index (κ1) is 13.9. The van der Waals surface area contributed by atoms with Gasteiger partial charge in [0.05, 0.1) is 11.9 Å². The molecule has 1 N–H and O–H groups in total. The molecule has 0 aliphatic heterocycles. The monoisotopic (exact) mass is 295 g/mol. The van der Waals surface area contributed by atoms with Gasteiger partial charge in [0, 0.05) is 11.9 Å². The van der Waals surface area contributed by atoms with E-state index < -0.39 is 5.97 Å². The van der Waals surface area contributed by atoms with Crippen LogP contribution in [0.2, 0.25) is 0 Å². The van der Waals surface area contributed by atoms with Gasteiger partial charge in [0.2, 0.25) is 0 Å². The Labute approximate surface area is 126 Å². The molecule has 0 bridgehead atoms. The third-order valence-electron chi connectivity index (χ3n) is 3.08. The second kappa shape index (κ2) is 5.36. The number of carboxylic acids is 1. The van der Waals surface area contributed by atoms with E-state index in [-0.39, 0.29) is 5.82 Å². The van der Waals surface area contributed by atoms with Gasteiger partial charge in [0.15, 0.2) is 5.82 Å². The van der Waals surface area contributed by atoms with Crippen LogP contribution in [-0.2, 0) is 0 Å². The zero-order valence-corrected chi connectivity index (χ0v) is 12.1. The Balaban J connectivity index is 2.17. The maximum atomic E-state index is 11.2. The molecule has 0 aromatic carbocycles. The Morgan fingerprint density at radius 3 is 2.50 bits per heavy atom. The Hall–Kier alpha value is -3.09. The van der Waals surface area contributed by atoms with Gasteiger partial charge in [-0.3, -0.25) is 9.97 Å². The highest BCUT2D eigenvalue weighted by Gasteiger charge is 2.18. The number of pyridine rings is 2. The SMILES string of the molecule is Cc1ccc(-c2nc(C(=O)O)nn2-c2ccc(C)nc2)nc1. The summed E-state index contributed by atoms with van der Waals surface area (Å²) >= 11 is 0. The van der Waals surface area contributed by atoms with Gasteiger partial charge < -0.3 is 5.11 Å². The van der Waals surface area contributed by atoms with Gasteiger partial charge in [0.1, 0.15) is 5.69 Å². The minimum Gasteiger partial charge on any atom is -0.475 e. The van der Waals surface area contributed by atoms with Gasteiger partial charge in [-0.1, -0.05) is 6.07 Å². The van der Waals surface area contributed by atoms with Crippen LogP contribution in [0.25, 0.3) is 17.2 Å². The van der Waals surface area contributed by atoms with Crippen molar-refractivity contribution in [2.45, 2.75) is 13.8 Å². The summed E-state index contributed by atoms with van der Waals surface area (Å²) in [6.45, 7) is 3.80. The van der Waals surface area contributed by atoms with Crippen LogP contribution < -0.4 is 0 Å². The Morgan fingerprint density at radius 2 is 1.91 bits per heavy atom. The van der Waals surface area contributed by atoms with Gasteiger partial charge in [-0.2, -0.15) is 4.98 Å². The Kier molecular flexibility index (Phi) is 3.38. The van der Waals surface area contributed by atoms with Gasteiger partial charge in [-0.05, 0) is 37.6 Å². The maximum Gasteiger partial charge on any atom is 0.375 e. The first-order valence-electron chi connectivity index (χ1n) is 6.61. The average Bonchev–Trinajstić information content (AvgIpc) is 2.94. The smallest absolute Gasteiger partial charge is 0.375 e. The van der Waals surface area contributed by atoms with Gasteiger partial charge in [0.25, 0.3) is 5.82 Å². The number of carbonyl (C=O) groups is 1. The molecule has 7 heteroatoms. The molecule has 0 aliphatic rings. The van der Waals surface area contributed by atoms with Crippen molar-refractivity contribution in [1.29, 1.82) is 0 Å². The average molecular weight is 295 g/mol.